The number of halogens is 2. The van der Waals surface area contributed by atoms with Gasteiger partial charge in [-0.15, -0.1) is 0 Å². The van der Waals surface area contributed by atoms with Crippen LogP contribution >= 0.6 is 0 Å². The topological polar surface area (TPSA) is 84.2 Å². The molecular formula is C13H19F2N3O3. The summed E-state index contributed by atoms with van der Waals surface area (Å²) in [6, 6.07) is 1.72. The zero-order valence-corrected chi connectivity index (χ0v) is 12.0. The minimum atomic E-state index is -2.70. The number of hydrogen-bond donors (Lipinski definition) is 2. The molecule has 6 nitrogen and oxygen atoms in total. The van der Waals surface area contributed by atoms with Crippen LogP contribution in [0.5, 0.6) is 0 Å². The summed E-state index contributed by atoms with van der Waals surface area (Å²) in [6.07, 6.45) is -0.853. The van der Waals surface area contributed by atoms with Crippen molar-refractivity contribution in [2.75, 3.05) is 6.54 Å². The Labute approximate surface area is 121 Å². The maximum absolute atomic E-state index is 11.9. The molecule has 1 rings (SSSR count). The molecule has 0 saturated carbocycles. The van der Waals surface area contributed by atoms with Crippen molar-refractivity contribution in [2.45, 2.75) is 45.6 Å². The summed E-state index contributed by atoms with van der Waals surface area (Å²) in [4.78, 5) is 22.5. The van der Waals surface area contributed by atoms with Crippen LogP contribution in [-0.2, 0) is 16.1 Å². The van der Waals surface area contributed by atoms with E-state index in [0.29, 0.717) is 5.76 Å². The summed E-state index contributed by atoms with van der Waals surface area (Å²) < 4.78 is 28.8. The summed E-state index contributed by atoms with van der Waals surface area (Å²) in [5.74, 6) is -1.40. The number of rotatable bonds is 7. The Hall–Kier alpha value is -1.99. The summed E-state index contributed by atoms with van der Waals surface area (Å²) in [7, 11) is 0. The number of amides is 2. The molecule has 0 aromatic carbocycles. The van der Waals surface area contributed by atoms with Crippen LogP contribution in [0.4, 0.5) is 8.78 Å². The lowest BCUT2D eigenvalue weighted by Gasteiger charge is -2.06. The molecular weight excluding hydrogens is 284 g/mol. The van der Waals surface area contributed by atoms with Crippen molar-refractivity contribution in [3.8, 4) is 0 Å². The first-order valence-electron chi connectivity index (χ1n) is 6.77. The minimum absolute atomic E-state index is 0.0198. The summed E-state index contributed by atoms with van der Waals surface area (Å²) in [5.41, 5.74) is 0.798. The zero-order valence-electron chi connectivity index (χ0n) is 12.0. The number of nitrogens with zero attached hydrogens (tertiary/aromatic N) is 1. The SMILES string of the molecule is CCC(CC)c1cc(CNC(=O)C(=O)NCC(F)F)on1. The molecule has 118 valence electrons. The second-order valence-electron chi connectivity index (χ2n) is 4.52. The van der Waals surface area contributed by atoms with E-state index in [9.17, 15) is 18.4 Å². The summed E-state index contributed by atoms with van der Waals surface area (Å²) in [5, 5.41) is 8.01. The lowest BCUT2D eigenvalue weighted by atomic mass is 9.99. The van der Waals surface area contributed by atoms with Gasteiger partial charge in [0.1, 0.15) is 0 Å². The second-order valence-corrected chi connectivity index (χ2v) is 4.52. The third-order valence-corrected chi connectivity index (χ3v) is 3.03. The summed E-state index contributed by atoms with van der Waals surface area (Å²) in [6.45, 7) is 3.21. The fourth-order valence-corrected chi connectivity index (χ4v) is 1.81. The van der Waals surface area contributed by atoms with Crippen molar-refractivity contribution < 1.29 is 22.9 Å². The van der Waals surface area contributed by atoms with Crippen molar-refractivity contribution in [1.29, 1.82) is 0 Å². The van der Waals surface area contributed by atoms with E-state index >= 15 is 0 Å². The van der Waals surface area contributed by atoms with E-state index in [-0.39, 0.29) is 12.5 Å². The highest BCUT2D eigenvalue weighted by Crippen LogP contribution is 2.22. The summed E-state index contributed by atoms with van der Waals surface area (Å²) >= 11 is 0. The molecule has 0 radical (unpaired) electrons. The Bertz CT molecular complexity index is 473. The molecule has 0 bridgehead atoms. The van der Waals surface area contributed by atoms with Crippen LogP contribution in [0.25, 0.3) is 0 Å². The third-order valence-electron chi connectivity index (χ3n) is 3.03. The van der Waals surface area contributed by atoms with Gasteiger partial charge >= 0.3 is 11.8 Å². The van der Waals surface area contributed by atoms with Crippen molar-refractivity contribution in [3.05, 3.63) is 17.5 Å². The Morgan fingerprint density at radius 1 is 1.24 bits per heavy atom. The first-order valence-corrected chi connectivity index (χ1v) is 6.77. The Morgan fingerprint density at radius 3 is 2.43 bits per heavy atom. The fraction of sp³-hybridized carbons (Fsp3) is 0.615. The maximum atomic E-state index is 11.9. The maximum Gasteiger partial charge on any atom is 0.309 e. The average molecular weight is 303 g/mol. The molecule has 0 fully saturated rings. The molecule has 0 aliphatic rings. The lowest BCUT2D eigenvalue weighted by molar-refractivity contribution is -0.139. The van der Waals surface area contributed by atoms with Crippen LogP contribution in [0, 0.1) is 0 Å². The zero-order chi connectivity index (χ0) is 15.8. The van der Waals surface area contributed by atoms with Gasteiger partial charge in [0.2, 0.25) is 0 Å². The highest BCUT2D eigenvalue weighted by molar-refractivity contribution is 6.35. The molecule has 1 heterocycles. The lowest BCUT2D eigenvalue weighted by Crippen LogP contribution is -2.41. The number of hydrogen-bond acceptors (Lipinski definition) is 4. The van der Waals surface area contributed by atoms with E-state index < -0.39 is 24.8 Å². The number of aromatic nitrogens is 1. The highest BCUT2D eigenvalue weighted by atomic mass is 19.3. The van der Waals surface area contributed by atoms with Crippen LogP contribution in [0.2, 0.25) is 0 Å². The molecule has 21 heavy (non-hydrogen) atoms. The Morgan fingerprint density at radius 2 is 1.86 bits per heavy atom. The van der Waals surface area contributed by atoms with Crippen molar-refractivity contribution in [2.24, 2.45) is 0 Å². The molecule has 0 spiro atoms. The monoisotopic (exact) mass is 303 g/mol. The molecule has 0 aliphatic carbocycles. The third kappa shape index (κ3) is 5.49. The molecule has 1 aromatic rings. The second kappa shape index (κ2) is 8.33. The van der Waals surface area contributed by atoms with Gasteiger partial charge in [-0.3, -0.25) is 9.59 Å². The predicted octanol–water partition coefficient (Wildman–Crippen LogP) is 1.58. The van der Waals surface area contributed by atoms with Crippen molar-refractivity contribution in [1.82, 2.24) is 15.8 Å². The quantitative estimate of drug-likeness (QED) is 0.749. The van der Waals surface area contributed by atoms with Gasteiger partial charge in [0, 0.05) is 12.0 Å². The molecule has 0 unspecified atom stereocenters. The first-order chi connectivity index (χ1) is 9.97. The predicted molar refractivity (Wildman–Crippen MR) is 70.7 cm³/mol. The van der Waals surface area contributed by atoms with E-state index in [1.807, 2.05) is 19.2 Å². The van der Waals surface area contributed by atoms with Gasteiger partial charge in [-0.1, -0.05) is 19.0 Å². The minimum Gasteiger partial charge on any atom is -0.359 e. The molecule has 0 aliphatic heterocycles. The Balaban J connectivity index is 2.44. The van der Waals surface area contributed by atoms with Crippen LogP contribution in [0.15, 0.2) is 10.6 Å². The number of carbonyl (C=O) groups excluding carboxylic acids is 2. The first kappa shape index (κ1) is 17.1. The van der Waals surface area contributed by atoms with E-state index in [0.717, 1.165) is 18.5 Å². The van der Waals surface area contributed by atoms with Gasteiger partial charge in [0.25, 0.3) is 6.43 Å². The van der Waals surface area contributed by atoms with E-state index in [2.05, 4.69) is 10.5 Å². The van der Waals surface area contributed by atoms with Crippen LogP contribution in [0.3, 0.4) is 0 Å². The normalized spacial score (nSPS) is 11.0. The van der Waals surface area contributed by atoms with Gasteiger partial charge in [-0.25, -0.2) is 8.78 Å². The number of alkyl halides is 2. The van der Waals surface area contributed by atoms with Crippen LogP contribution < -0.4 is 10.6 Å². The van der Waals surface area contributed by atoms with Crippen molar-refractivity contribution >= 4 is 11.8 Å². The van der Waals surface area contributed by atoms with Gasteiger partial charge in [-0.2, -0.15) is 0 Å². The smallest absolute Gasteiger partial charge is 0.309 e. The van der Waals surface area contributed by atoms with Crippen LogP contribution in [-0.4, -0.2) is 29.9 Å². The van der Waals surface area contributed by atoms with Gasteiger partial charge in [0.15, 0.2) is 5.76 Å². The highest BCUT2D eigenvalue weighted by Gasteiger charge is 2.17. The average Bonchev–Trinajstić information content (AvgIpc) is 2.92. The van der Waals surface area contributed by atoms with Crippen LogP contribution in [0.1, 0.15) is 44.1 Å². The van der Waals surface area contributed by atoms with E-state index in [4.69, 9.17) is 4.52 Å². The van der Waals surface area contributed by atoms with E-state index in [1.54, 1.807) is 6.07 Å². The van der Waals surface area contributed by atoms with Gasteiger partial charge in [0.05, 0.1) is 18.8 Å². The molecule has 0 atom stereocenters. The van der Waals surface area contributed by atoms with Gasteiger partial charge in [-0.05, 0) is 12.8 Å². The fourth-order valence-electron chi connectivity index (χ4n) is 1.81. The standard InChI is InChI=1S/C13H19F2N3O3/c1-3-8(4-2)10-5-9(21-18-10)6-16-12(19)13(20)17-7-11(14)15/h5,8,11H,3-4,6-7H2,1-2H3,(H,16,19)(H,17,20). The molecule has 8 heteroatoms. The number of carbonyl (C=O) groups is 2. The Kier molecular flexibility index (Phi) is 6.77. The molecule has 0 saturated heterocycles. The van der Waals surface area contributed by atoms with Gasteiger partial charge < -0.3 is 15.2 Å². The largest absolute Gasteiger partial charge is 0.359 e. The number of nitrogens with one attached hydrogen (secondary N) is 2. The van der Waals surface area contributed by atoms with E-state index in [1.165, 1.54) is 0 Å². The molecule has 1 aromatic heterocycles. The molecule has 2 amide bonds. The molecule has 2 N–H and O–H groups in total. The van der Waals surface area contributed by atoms with Crippen molar-refractivity contribution in [3.63, 3.8) is 0 Å².